The molecule has 0 unspecified atom stereocenters. The van der Waals surface area contributed by atoms with Crippen molar-refractivity contribution in [3.8, 4) is 0 Å². The van der Waals surface area contributed by atoms with E-state index >= 15 is 0 Å². The van der Waals surface area contributed by atoms with Gasteiger partial charge < -0.3 is 10.4 Å². The molecule has 0 saturated carbocycles. The van der Waals surface area contributed by atoms with E-state index in [0.29, 0.717) is 11.5 Å². The lowest BCUT2D eigenvalue weighted by molar-refractivity contribution is 0.266. The number of aliphatic hydroxyl groups excluding tert-OH is 1. The molecule has 0 saturated heterocycles. The van der Waals surface area contributed by atoms with Gasteiger partial charge >= 0.3 is 0 Å². The zero-order valence-corrected chi connectivity index (χ0v) is 9.92. The Morgan fingerprint density at radius 1 is 1.56 bits per heavy atom. The van der Waals surface area contributed by atoms with E-state index in [2.05, 4.69) is 31.0 Å². The van der Waals surface area contributed by atoms with Gasteiger partial charge in [0.1, 0.15) is 5.02 Å². The summed E-state index contributed by atoms with van der Waals surface area (Å²) in [5.41, 5.74) is -0.0931. The number of aliphatic hydroxyl groups is 1. The lowest BCUT2D eigenvalue weighted by Gasteiger charge is -2.07. The van der Waals surface area contributed by atoms with E-state index < -0.39 is 5.56 Å². The van der Waals surface area contributed by atoms with E-state index in [-0.39, 0.29) is 24.7 Å². The van der Waals surface area contributed by atoms with Crippen LogP contribution in [0.25, 0.3) is 0 Å². The number of aromatic amines is 1. The number of hydrogen-bond donors (Lipinski definition) is 3. The van der Waals surface area contributed by atoms with Gasteiger partial charge in [0.05, 0.1) is 31.6 Å². The first-order valence-corrected chi connectivity index (χ1v) is 5.43. The monoisotopic (exact) mass is 271 g/mol. The number of nitrogens with one attached hydrogen (secondary N) is 2. The van der Waals surface area contributed by atoms with Crippen molar-refractivity contribution in [3.63, 3.8) is 0 Å². The number of tetrazole rings is 1. The van der Waals surface area contributed by atoms with Crippen molar-refractivity contribution in [2.45, 2.75) is 13.1 Å². The van der Waals surface area contributed by atoms with Crippen LogP contribution >= 0.6 is 11.6 Å². The Kier molecular flexibility index (Phi) is 3.85. The van der Waals surface area contributed by atoms with E-state index in [0.717, 1.165) is 4.68 Å². The third kappa shape index (κ3) is 2.63. The number of rotatable bonds is 5. The Balaban J connectivity index is 2.14. The second-order valence-electron chi connectivity index (χ2n) is 3.31. The van der Waals surface area contributed by atoms with Crippen LogP contribution in [0, 0.1) is 0 Å². The Labute approximate surface area is 106 Å². The first-order valence-electron chi connectivity index (χ1n) is 5.05. The summed E-state index contributed by atoms with van der Waals surface area (Å²) in [5, 5.41) is 28.7. The average Bonchev–Trinajstić information content (AvgIpc) is 2.87. The van der Waals surface area contributed by atoms with Crippen LogP contribution in [0.1, 0.15) is 5.82 Å². The van der Waals surface area contributed by atoms with Crippen molar-refractivity contribution in [2.75, 3.05) is 11.9 Å². The Morgan fingerprint density at radius 3 is 3.06 bits per heavy atom. The maximum absolute atomic E-state index is 11.7. The summed E-state index contributed by atoms with van der Waals surface area (Å²) >= 11 is 5.89. The van der Waals surface area contributed by atoms with Gasteiger partial charge in [0.15, 0.2) is 5.82 Å². The topological polar surface area (TPSA) is 122 Å². The molecule has 0 atom stereocenters. The van der Waals surface area contributed by atoms with Gasteiger partial charge in [-0.25, -0.2) is 4.68 Å². The van der Waals surface area contributed by atoms with Crippen molar-refractivity contribution in [3.05, 3.63) is 27.4 Å². The molecule has 10 heteroatoms. The Bertz CT molecular complexity index is 567. The molecule has 9 nitrogen and oxygen atoms in total. The van der Waals surface area contributed by atoms with E-state index in [1.54, 1.807) is 0 Å². The minimum atomic E-state index is -0.469. The van der Waals surface area contributed by atoms with Gasteiger partial charge in [-0.2, -0.15) is 10.3 Å². The average molecular weight is 272 g/mol. The summed E-state index contributed by atoms with van der Waals surface area (Å²) in [6, 6.07) is 0. The minimum absolute atomic E-state index is 0.00180. The van der Waals surface area contributed by atoms with Crippen LogP contribution in [-0.4, -0.2) is 42.1 Å². The van der Waals surface area contributed by atoms with Gasteiger partial charge in [0, 0.05) is 0 Å². The highest BCUT2D eigenvalue weighted by Crippen LogP contribution is 2.15. The maximum atomic E-state index is 11.7. The largest absolute Gasteiger partial charge is 0.394 e. The molecule has 2 rings (SSSR count). The third-order valence-corrected chi connectivity index (χ3v) is 2.49. The summed E-state index contributed by atoms with van der Waals surface area (Å²) in [7, 11) is 0. The molecule has 2 aromatic rings. The number of aromatic nitrogens is 6. The molecular formula is C8H10ClN7O2. The molecule has 18 heavy (non-hydrogen) atoms. The van der Waals surface area contributed by atoms with Crippen molar-refractivity contribution in [2.24, 2.45) is 0 Å². The molecule has 0 aliphatic heterocycles. The zero-order valence-electron chi connectivity index (χ0n) is 9.17. The van der Waals surface area contributed by atoms with E-state index in [1.165, 1.54) is 6.20 Å². The summed E-state index contributed by atoms with van der Waals surface area (Å²) in [6.45, 7) is 0.184. The quantitative estimate of drug-likeness (QED) is 0.638. The SMILES string of the molecule is O=c1c(Cl)c(NCc2nn[nH]n2)cnn1CCO. The molecule has 96 valence electrons. The summed E-state index contributed by atoms with van der Waals surface area (Å²) in [6.07, 6.45) is 1.40. The Morgan fingerprint density at radius 2 is 2.39 bits per heavy atom. The van der Waals surface area contributed by atoms with Crippen molar-refractivity contribution < 1.29 is 5.11 Å². The summed E-state index contributed by atoms with van der Waals surface area (Å²) < 4.78 is 1.09. The molecule has 0 radical (unpaired) electrons. The smallest absolute Gasteiger partial charge is 0.287 e. The molecule has 0 amide bonds. The highest BCUT2D eigenvalue weighted by atomic mass is 35.5. The van der Waals surface area contributed by atoms with Gasteiger partial charge in [0.25, 0.3) is 5.56 Å². The highest BCUT2D eigenvalue weighted by Gasteiger charge is 2.09. The second kappa shape index (κ2) is 5.56. The van der Waals surface area contributed by atoms with Gasteiger partial charge in [-0.3, -0.25) is 4.79 Å². The predicted molar refractivity (Wildman–Crippen MR) is 62.1 cm³/mol. The first-order chi connectivity index (χ1) is 8.72. The Hall–Kier alpha value is -2.00. The van der Waals surface area contributed by atoms with Crippen LogP contribution in [0.3, 0.4) is 0 Å². The molecular weight excluding hydrogens is 262 g/mol. The standard InChI is InChI=1S/C8H10ClN7O2/c9-7-5(10-4-6-12-14-15-13-6)3-11-16(1-2-17)8(7)18/h3,10,17H,1-2,4H2,(H,12,13,14,15). The molecule has 0 aromatic carbocycles. The minimum Gasteiger partial charge on any atom is -0.394 e. The van der Waals surface area contributed by atoms with E-state index in [4.69, 9.17) is 16.7 Å². The predicted octanol–water partition coefficient (Wildman–Crippen LogP) is -0.986. The van der Waals surface area contributed by atoms with Crippen LogP contribution < -0.4 is 10.9 Å². The van der Waals surface area contributed by atoms with E-state index in [9.17, 15) is 4.79 Å². The van der Waals surface area contributed by atoms with Crippen LogP contribution in [0.4, 0.5) is 5.69 Å². The normalized spacial score (nSPS) is 10.6. The number of nitrogens with zero attached hydrogens (tertiary/aromatic N) is 5. The molecule has 0 bridgehead atoms. The van der Waals surface area contributed by atoms with Crippen molar-refractivity contribution in [1.29, 1.82) is 0 Å². The second-order valence-corrected chi connectivity index (χ2v) is 3.68. The van der Waals surface area contributed by atoms with Gasteiger partial charge in [-0.15, -0.1) is 10.2 Å². The fourth-order valence-corrected chi connectivity index (χ4v) is 1.49. The molecule has 2 aromatic heterocycles. The van der Waals surface area contributed by atoms with E-state index in [1.807, 2.05) is 0 Å². The van der Waals surface area contributed by atoms with Crippen LogP contribution in [-0.2, 0) is 13.1 Å². The highest BCUT2D eigenvalue weighted by molar-refractivity contribution is 6.32. The molecule has 3 N–H and O–H groups in total. The summed E-state index contributed by atoms with van der Waals surface area (Å²) in [5.74, 6) is 0.436. The number of halogens is 1. The zero-order chi connectivity index (χ0) is 13.0. The van der Waals surface area contributed by atoms with Crippen molar-refractivity contribution >= 4 is 17.3 Å². The van der Waals surface area contributed by atoms with Crippen LogP contribution in [0.5, 0.6) is 0 Å². The number of H-pyrrole nitrogens is 1. The molecule has 0 aliphatic carbocycles. The van der Waals surface area contributed by atoms with Crippen LogP contribution in [0.2, 0.25) is 5.02 Å². The molecule has 0 aliphatic rings. The molecule has 2 heterocycles. The van der Waals surface area contributed by atoms with Crippen LogP contribution in [0.15, 0.2) is 11.0 Å². The molecule has 0 spiro atoms. The fraction of sp³-hybridized carbons (Fsp3) is 0.375. The summed E-state index contributed by atoms with van der Waals surface area (Å²) in [4.78, 5) is 11.7. The third-order valence-electron chi connectivity index (χ3n) is 2.12. The molecule has 0 fully saturated rings. The fourth-order valence-electron chi connectivity index (χ4n) is 1.27. The number of hydrogen-bond acceptors (Lipinski definition) is 7. The maximum Gasteiger partial charge on any atom is 0.287 e. The van der Waals surface area contributed by atoms with Gasteiger partial charge in [-0.05, 0) is 0 Å². The van der Waals surface area contributed by atoms with Crippen molar-refractivity contribution in [1.82, 2.24) is 30.4 Å². The lowest BCUT2D eigenvalue weighted by atomic mass is 10.4. The number of anilines is 1. The lowest BCUT2D eigenvalue weighted by Crippen LogP contribution is -2.25. The van der Waals surface area contributed by atoms with Gasteiger partial charge in [-0.1, -0.05) is 16.8 Å². The first kappa shape index (κ1) is 12.5. The van der Waals surface area contributed by atoms with Gasteiger partial charge in [0.2, 0.25) is 0 Å².